The van der Waals surface area contributed by atoms with E-state index in [0.29, 0.717) is 18.2 Å². The molecule has 6 nitrogen and oxygen atoms in total. The van der Waals surface area contributed by atoms with E-state index in [0.717, 1.165) is 0 Å². The predicted molar refractivity (Wildman–Crippen MR) is 45.7 cm³/mol. The lowest BCUT2D eigenvalue weighted by molar-refractivity contribution is 0.318. The van der Waals surface area contributed by atoms with E-state index < -0.39 is 0 Å². The average Bonchev–Trinajstić information content (AvgIpc) is 2.18. The number of amidine groups is 1. The maximum Gasteiger partial charge on any atom is 0.217 e. The van der Waals surface area contributed by atoms with Crippen LogP contribution in [0.1, 0.15) is 12.6 Å². The van der Waals surface area contributed by atoms with Crippen molar-refractivity contribution in [1.29, 1.82) is 0 Å². The third-order valence-electron chi connectivity index (χ3n) is 1.30. The third-order valence-corrected chi connectivity index (χ3v) is 1.30. The molecule has 1 heterocycles. The SMILES string of the molecule is CCOc1cc(/C(N)=N\O)ncn1. The highest BCUT2D eigenvalue weighted by Crippen LogP contribution is 2.05. The van der Waals surface area contributed by atoms with E-state index in [2.05, 4.69) is 15.1 Å². The van der Waals surface area contributed by atoms with Crippen molar-refractivity contribution in [1.82, 2.24) is 9.97 Å². The van der Waals surface area contributed by atoms with Crippen LogP contribution in [0.25, 0.3) is 0 Å². The highest BCUT2D eigenvalue weighted by atomic mass is 16.5. The van der Waals surface area contributed by atoms with E-state index in [4.69, 9.17) is 15.7 Å². The molecule has 0 aliphatic rings. The Labute approximate surface area is 75.1 Å². The Morgan fingerprint density at radius 2 is 2.46 bits per heavy atom. The molecule has 0 aliphatic carbocycles. The van der Waals surface area contributed by atoms with Gasteiger partial charge in [-0.1, -0.05) is 5.16 Å². The molecule has 1 aromatic heterocycles. The van der Waals surface area contributed by atoms with E-state index in [1.807, 2.05) is 6.92 Å². The summed E-state index contributed by atoms with van der Waals surface area (Å²) in [7, 11) is 0. The summed E-state index contributed by atoms with van der Waals surface area (Å²) in [6.45, 7) is 2.35. The third kappa shape index (κ3) is 2.29. The Kier molecular flexibility index (Phi) is 3.02. The van der Waals surface area contributed by atoms with Crippen molar-refractivity contribution in [3.63, 3.8) is 0 Å². The van der Waals surface area contributed by atoms with Gasteiger partial charge in [-0.3, -0.25) is 0 Å². The van der Waals surface area contributed by atoms with Crippen LogP contribution in [0, 0.1) is 0 Å². The lowest BCUT2D eigenvalue weighted by Crippen LogP contribution is -2.15. The van der Waals surface area contributed by atoms with E-state index in [-0.39, 0.29) is 5.84 Å². The molecule has 0 aromatic carbocycles. The molecule has 3 N–H and O–H groups in total. The summed E-state index contributed by atoms with van der Waals surface area (Å²) in [5.41, 5.74) is 5.65. The highest BCUT2D eigenvalue weighted by Gasteiger charge is 2.02. The summed E-state index contributed by atoms with van der Waals surface area (Å²) in [5, 5.41) is 11.2. The summed E-state index contributed by atoms with van der Waals surface area (Å²) in [4.78, 5) is 7.61. The smallest absolute Gasteiger partial charge is 0.217 e. The molecule has 0 aliphatic heterocycles. The van der Waals surface area contributed by atoms with Gasteiger partial charge in [-0.05, 0) is 6.92 Å². The van der Waals surface area contributed by atoms with Gasteiger partial charge in [-0.15, -0.1) is 0 Å². The fourth-order valence-corrected chi connectivity index (χ4v) is 0.758. The molecule has 70 valence electrons. The summed E-state index contributed by atoms with van der Waals surface area (Å²) in [6.07, 6.45) is 1.29. The monoisotopic (exact) mass is 182 g/mol. The van der Waals surface area contributed by atoms with E-state index in [1.165, 1.54) is 12.4 Å². The number of rotatable bonds is 3. The molecule has 0 radical (unpaired) electrons. The fourth-order valence-electron chi connectivity index (χ4n) is 0.758. The zero-order chi connectivity index (χ0) is 9.68. The number of ether oxygens (including phenoxy) is 1. The molecule has 0 atom stereocenters. The Hall–Kier alpha value is -1.85. The zero-order valence-corrected chi connectivity index (χ0v) is 7.14. The second-order valence-corrected chi connectivity index (χ2v) is 2.16. The minimum Gasteiger partial charge on any atom is -0.478 e. The Morgan fingerprint density at radius 1 is 1.69 bits per heavy atom. The molecular formula is C7H10N4O2. The van der Waals surface area contributed by atoms with Crippen LogP contribution in [0.3, 0.4) is 0 Å². The molecule has 0 saturated heterocycles. The van der Waals surface area contributed by atoms with Crippen LogP contribution < -0.4 is 10.5 Å². The average molecular weight is 182 g/mol. The second kappa shape index (κ2) is 4.24. The van der Waals surface area contributed by atoms with Crippen LogP contribution in [0.4, 0.5) is 0 Å². The van der Waals surface area contributed by atoms with Gasteiger partial charge in [-0.25, -0.2) is 9.97 Å². The van der Waals surface area contributed by atoms with Gasteiger partial charge in [-0.2, -0.15) is 0 Å². The molecule has 0 saturated carbocycles. The van der Waals surface area contributed by atoms with Crippen molar-refractivity contribution in [2.24, 2.45) is 10.9 Å². The first-order valence-electron chi connectivity index (χ1n) is 3.70. The van der Waals surface area contributed by atoms with Gasteiger partial charge in [0.05, 0.1) is 6.61 Å². The van der Waals surface area contributed by atoms with Crippen molar-refractivity contribution in [2.75, 3.05) is 6.61 Å². The molecule has 0 bridgehead atoms. The van der Waals surface area contributed by atoms with Gasteiger partial charge in [0.2, 0.25) is 5.88 Å². The second-order valence-electron chi connectivity index (χ2n) is 2.16. The topological polar surface area (TPSA) is 93.6 Å². The lowest BCUT2D eigenvalue weighted by atomic mass is 10.4. The molecule has 0 spiro atoms. The van der Waals surface area contributed by atoms with Crippen molar-refractivity contribution in [3.8, 4) is 5.88 Å². The first-order chi connectivity index (χ1) is 6.27. The van der Waals surface area contributed by atoms with E-state index in [1.54, 1.807) is 0 Å². The largest absolute Gasteiger partial charge is 0.478 e. The summed E-state index contributed by atoms with van der Waals surface area (Å²) in [6, 6.07) is 1.50. The van der Waals surface area contributed by atoms with Gasteiger partial charge in [0.1, 0.15) is 12.0 Å². The predicted octanol–water partition coefficient (Wildman–Crippen LogP) is -0.0302. The number of nitrogens with two attached hydrogens (primary N) is 1. The van der Waals surface area contributed by atoms with E-state index in [9.17, 15) is 0 Å². The van der Waals surface area contributed by atoms with Gasteiger partial charge < -0.3 is 15.7 Å². The van der Waals surface area contributed by atoms with Crippen LogP contribution in [-0.4, -0.2) is 27.6 Å². The van der Waals surface area contributed by atoms with Crippen molar-refractivity contribution >= 4 is 5.84 Å². The first-order valence-corrected chi connectivity index (χ1v) is 3.70. The maximum atomic E-state index is 8.37. The minimum absolute atomic E-state index is 0.0663. The fraction of sp³-hybridized carbons (Fsp3) is 0.286. The van der Waals surface area contributed by atoms with Gasteiger partial charge in [0.15, 0.2) is 5.84 Å². The molecule has 1 aromatic rings. The van der Waals surface area contributed by atoms with Crippen molar-refractivity contribution in [3.05, 3.63) is 18.1 Å². The molecule has 1 rings (SSSR count). The van der Waals surface area contributed by atoms with Gasteiger partial charge in [0, 0.05) is 6.07 Å². The normalized spacial score (nSPS) is 11.3. The highest BCUT2D eigenvalue weighted by molar-refractivity contribution is 5.95. The Morgan fingerprint density at radius 3 is 3.08 bits per heavy atom. The Balaban J connectivity index is 2.91. The number of hydrogen-bond acceptors (Lipinski definition) is 5. The van der Waals surface area contributed by atoms with E-state index >= 15 is 0 Å². The summed E-state index contributed by atoms with van der Waals surface area (Å²) in [5.74, 6) is 0.336. The van der Waals surface area contributed by atoms with Gasteiger partial charge in [0.25, 0.3) is 0 Å². The number of aromatic nitrogens is 2. The molecule has 0 unspecified atom stereocenters. The quantitative estimate of drug-likeness (QED) is 0.296. The molecule has 0 amide bonds. The van der Waals surface area contributed by atoms with Crippen molar-refractivity contribution < 1.29 is 9.94 Å². The summed E-state index contributed by atoms with van der Waals surface area (Å²) < 4.78 is 5.10. The van der Waals surface area contributed by atoms with Crippen LogP contribution in [0.2, 0.25) is 0 Å². The lowest BCUT2D eigenvalue weighted by Gasteiger charge is -2.02. The molecular weight excluding hydrogens is 172 g/mol. The molecule has 0 fully saturated rings. The minimum atomic E-state index is -0.0663. The van der Waals surface area contributed by atoms with Gasteiger partial charge >= 0.3 is 0 Å². The number of hydrogen-bond donors (Lipinski definition) is 2. The molecule has 6 heteroatoms. The molecule has 13 heavy (non-hydrogen) atoms. The number of oxime groups is 1. The van der Waals surface area contributed by atoms with Crippen molar-refractivity contribution in [2.45, 2.75) is 6.92 Å². The number of nitrogens with zero attached hydrogens (tertiary/aromatic N) is 3. The first kappa shape index (κ1) is 9.24. The zero-order valence-electron chi connectivity index (χ0n) is 7.14. The van der Waals surface area contributed by atoms with Crippen LogP contribution in [-0.2, 0) is 0 Å². The Bertz CT molecular complexity index is 313. The van der Waals surface area contributed by atoms with Crippen LogP contribution in [0.5, 0.6) is 5.88 Å². The van der Waals surface area contributed by atoms with Crippen LogP contribution >= 0.6 is 0 Å². The standard InChI is InChI=1S/C7H10N4O2/c1-2-13-6-3-5(7(8)11-12)9-4-10-6/h3-4,12H,2H2,1H3,(H2,8,11). The maximum absolute atomic E-state index is 8.37. The summed E-state index contributed by atoms with van der Waals surface area (Å²) >= 11 is 0. The van der Waals surface area contributed by atoms with Crippen LogP contribution in [0.15, 0.2) is 17.5 Å².